The molecule has 4 heteroatoms. The van der Waals surface area contributed by atoms with Gasteiger partial charge in [-0.25, -0.2) is 4.79 Å². The molecule has 116 valence electrons. The molecule has 0 saturated heterocycles. The van der Waals surface area contributed by atoms with Crippen LogP contribution in [0.2, 0.25) is 0 Å². The number of carboxylic acids is 1. The molecule has 2 rings (SSSR count). The smallest absolute Gasteiger partial charge is 0.337 e. The molecule has 1 aliphatic rings. The molecule has 0 amide bonds. The molecule has 1 aromatic carbocycles. The normalized spacial score (nSPS) is 22.0. The molecule has 0 aliphatic heterocycles. The van der Waals surface area contributed by atoms with Crippen LogP contribution >= 0.6 is 0 Å². The Kier molecular flexibility index (Phi) is 5.10. The first-order valence-electron chi connectivity index (χ1n) is 7.84. The number of hydrogen-bond donors (Lipinski definition) is 3. The highest BCUT2D eigenvalue weighted by Crippen LogP contribution is 2.30. The lowest BCUT2D eigenvalue weighted by atomic mass is 9.81. The number of nitrogen functional groups attached to an aromatic ring is 1. The molecule has 0 atom stereocenters. The summed E-state index contributed by atoms with van der Waals surface area (Å²) in [5, 5.41) is 12.5. The zero-order valence-corrected chi connectivity index (χ0v) is 13.0. The van der Waals surface area contributed by atoms with Crippen LogP contribution in [0.15, 0.2) is 12.1 Å². The average Bonchev–Trinajstić information content (AvgIpc) is 2.44. The molecule has 1 fully saturated rings. The van der Waals surface area contributed by atoms with Crippen molar-refractivity contribution in [1.82, 2.24) is 0 Å². The van der Waals surface area contributed by atoms with E-state index < -0.39 is 5.97 Å². The Labute approximate surface area is 126 Å². The molecule has 0 bridgehead atoms. The molecule has 0 radical (unpaired) electrons. The minimum Gasteiger partial charge on any atom is -0.478 e. The van der Waals surface area contributed by atoms with E-state index in [-0.39, 0.29) is 5.56 Å². The molecular weight excluding hydrogens is 264 g/mol. The van der Waals surface area contributed by atoms with Gasteiger partial charge in [-0.05, 0) is 42.9 Å². The summed E-state index contributed by atoms with van der Waals surface area (Å²) in [7, 11) is 0. The lowest BCUT2D eigenvalue weighted by Gasteiger charge is -2.26. The first-order chi connectivity index (χ1) is 9.97. The summed E-state index contributed by atoms with van der Waals surface area (Å²) < 4.78 is 0. The van der Waals surface area contributed by atoms with Gasteiger partial charge in [-0.15, -0.1) is 0 Å². The van der Waals surface area contributed by atoms with Crippen LogP contribution < -0.4 is 11.1 Å². The maximum Gasteiger partial charge on any atom is 0.337 e. The lowest BCUT2D eigenvalue weighted by Crippen LogP contribution is -2.16. The average molecular weight is 290 g/mol. The number of aryl methyl sites for hydroxylation is 1. The zero-order chi connectivity index (χ0) is 15.4. The van der Waals surface area contributed by atoms with Crippen molar-refractivity contribution in [3.63, 3.8) is 0 Å². The Hall–Kier alpha value is -1.71. The standard InChI is InChI=1S/C17H26N2O2/c1-11-3-5-13(6-4-11)7-8-19-14-9-12(2)16(18)15(10-14)17(20)21/h9-11,13,19H,3-8,18H2,1-2H3,(H,20,21). The second-order valence-corrected chi connectivity index (χ2v) is 6.40. The Morgan fingerprint density at radius 2 is 2.00 bits per heavy atom. The predicted octanol–water partition coefficient (Wildman–Crippen LogP) is 3.90. The van der Waals surface area contributed by atoms with Crippen LogP contribution in [-0.4, -0.2) is 17.6 Å². The van der Waals surface area contributed by atoms with Gasteiger partial charge in [0.1, 0.15) is 0 Å². The zero-order valence-electron chi connectivity index (χ0n) is 13.0. The van der Waals surface area contributed by atoms with Crippen LogP contribution in [0.4, 0.5) is 11.4 Å². The van der Waals surface area contributed by atoms with E-state index in [1.807, 2.05) is 13.0 Å². The van der Waals surface area contributed by atoms with Crippen molar-refractivity contribution in [2.75, 3.05) is 17.6 Å². The van der Waals surface area contributed by atoms with Crippen LogP contribution in [0, 0.1) is 18.8 Å². The van der Waals surface area contributed by atoms with E-state index in [2.05, 4.69) is 12.2 Å². The second kappa shape index (κ2) is 6.83. The molecule has 4 nitrogen and oxygen atoms in total. The maximum absolute atomic E-state index is 11.2. The lowest BCUT2D eigenvalue weighted by molar-refractivity contribution is 0.0698. The van der Waals surface area contributed by atoms with Crippen molar-refractivity contribution in [1.29, 1.82) is 0 Å². The minimum absolute atomic E-state index is 0.184. The first kappa shape index (κ1) is 15.7. The topological polar surface area (TPSA) is 75.3 Å². The molecule has 4 N–H and O–H groups in total. The van der Waals surface area contributed by atoms with E-state index in [0.29, 0.717) is 5.69 Å². The van der Waals surface area contributed by atoms with Gasteiger partial charge in [0.2, 0.25) is 0 Å². The van der Waals surface area contributed by atoms with E-state index >= 15 is 0 Å². The van der Waals surface area contributed by atoms with Crippen molar-refractivity contribution in [2.24, 2.45) is 11.8 Å². The number of anilines is 2. The van der Waals surface area contributed by atoms with E-state index in [0.717, 1.165) is 36.1 Å². The maximum atomic E-state index is 11.2. The summed E-state index contributed by atoms with van der Waals surface area (Å²) >= 11 is 0. The minimum atomic E-state index is -0.972. The van der Waals surface area contributed by atoms with Gasteiger partial charge in [0, 0.05) is 17.9 Å². The number of rotatable bonds is 5. The van der Waals surface area contributed by atoms with E-state index in [1.165, 1.54) is 25.7 Å². The number of aromatic carboxylic acids is 1. The van der Waals surface area contributed by atoms with Crippen molar-refractivity contribution in [2.45, 2.75) is 46.0 Å². The van der Waals surface area contributed by atoms with Gasteiger partial charge in [-0.1, -0.05) is 32.6 Å². The summed E-state index contributed by atoms with van der Waals surface area (Å²) in [6.07, 6.45) is 6.48. The number of nitrogens with two attached hydrogens (primary N) is 1. The van der Waals surface area contributed by atoms with Gasteiger partial charge >= 0.3 is 5.97 Å². The number of nitrogens with one attached hydrogen (secondary N) is 1. The Morgan fingerprint density at radius 3 is 2.62 bits per heavy atom. The molecule has 0 spiro atoms. The molecule has 0 unspecified atom stereocenters. The van der Waals surface area contributed by atoms with Crippen molar-refractivity contribution >= 4 is 17.3 Å². The van der Waals surface area contributed by atoms with E-state index in [4.69, 9.17) is 10.8 Å². The third kappa shape index (κ3) is 4.13. The molecule has 0 heterocycles. The van der Waals surface area contributed by atoms with E-state index in [1.54, 1.807) is 6.07 Å². The van der Waals surface area contributed by atoms with Gasteiger partial charge in [0.15, 0.2) is 0 Å². The third-order valence-electron chi connectivity index (χ3n) is 4.63. The highest BCUT2D eigenvalue weighted by atomic mass is 16.4. The van der Waals surface area contributed by atoms with Crippen LogP contribution in [0.5, 0.6) is 0 Å². The van der Waals surface area contributed by atoms with Crippen molar-refractivity contribution < 1.29 is 9.90 Å². The Balaban J connectivity index is 1.90. The Bertz CT molecular complexity index is 506. The SMILES string of the molecule is Cc1cc(NCCC2CCC(C)CC2)cc(C(=O)O)c1N. The van der Waals surface area contributed by atoms with Crippen LogP contribution in [0.25, 0.3) is 0 Å². The second-order valence-electron chi connectivity index (χ2n) is 6.40. The van der Waals surface area contributed by atoms with Crippen LogP contribution in [0.1, 0.15) is 54.9 Å². The highest BCUT2D eigenvalue weighted by molar-refractivity contribution is 5.95. The number of carbonyl (C=O) groups is 1. The molecule has 21 heavy (non-hydrogen) atoms. The van der Waals surface area contributed by atoms with Gasteiger partial charge < -0.3 is 16.2 Å². The fourth-order valence-corrected chi connectivity index (χ4v) is 3.12. The Morgan fingerprint density at radius 1 is 1.33 bits per heavy atom. The van der Waals surface area contributed by atoms with Gasteiger partial charge in [0.25, 0.3) is 0 Å². The van der Waals surface area contributed by atoms with E-state index in [9.17, 15) is 4.79 Å². The summed E-state index contributed by atoms with van der Waals surface area (Å²) in [5.74, 6) is 0.718. The van der Waals surface area contributed by atoms with Gasteiger partial charge in [-0.3, -0.25) is 0 Å². The third-order valence-corrected chi connectivity index (χ3v) is 4.63. The predicted molar refractivity (Wildman–Crippen MR) is 86.8 cm³/mol. The van der Waals surface area contributed by atoms with Crippen molar-refractivity contribution in [3.8, 4) is 0 Å². The molecule has 1 aliphatic carbocycles. The van der Waals surface area contributed by atoms with Gasteiger partial charge in [-0.2, -0.15) is 0 Å². The monoisotopic (exact) mass is 290 g/mol. The molecular formula is C17H26N2O2. The van der Waals surface area contributed by atoms with Gasteiger partial charge in [0.05, 0.1) is 5.56 Å². The number of benzene rings is 1. The number of hydrogen-bond acceptors (Lipinski definition) is 3. The first-order valence-corrected chi connectivity index (χ1v) is 7.84. The molecule has 1 saturated carbocycles. The highest BCUT2D eigenvalue weighted by Gasteiger charge is 2.18. The largest absolute Gasteiger partial charge is 0.478 e. The van der Waals surface area contributed by atoms with Crippen LogP contribution in [-0.2, 0) is 0 Å². The fraction of sp³-hybridized carbons (Fsp3) is 0.588. The summed E-state index contributed by atoms with van der Waals surface area (Å²) in [5.41, 5.74) is 8.00. The summed E-state index contributed by atoms with van der Waals surface area (Å²) in [6.45, 7) is 5.07. The number of carboxylic acid groups (broad SMARTS) is 1. The summed E-state index contributed by atoms with van der Waals surface area (Å²) in [6, 6.07) is 3.55. The fourth-order valence-electron chi connectivity index (χ4n) is 3.12. The quantitative estimate of drug-likeness (QED) is 0.719. The summed E-state index contributed by atoms with van der Waals surface area (Å²) in [4.78, 5) is 11.2. The van der Waals surface area contributed by atoms with Crippen LogP contribution in [0.3, 0.4) is 0 Å². The molecule has 0 aromatic heterocycles. The molecule has 1 aromatic rings. The van der Waals surface area contributed by atoms with Crippen molar-refractivity contribution in [3.05, 3.63) is 23.3 Å².